The van der Waals surface area contributed by atoms with Gasteiger partial charge in [0.05, 0.1) is 6.54 Å². The molecule has 1 aromatic rings. The Balaban J connectivity index is 1.91. The van der Waals surface area contributed by atoms with Gasteiger partial charge < -0.3 is 5.32 Å². The average Bonchev–Trinajstić information content (AvgIpc) is 2.62. The quantitative estimate of drug-likeness (QED) is 0.895. The molecule has 0 aliphatic carbocycles. The fraction of sp³-hybridized carbons (Fsp3) is 0.533. The van der Waals surface area contributed by atoms with Gasteiger partial charge in [-0.2, -0.15) is 0 Å². The maximum atomic E-state index is 13.2. The summed E-state index contributed by atoms with van der Waals surface area (Å²) in [5.41, 5.74) is 1.78. The fourth-order valence-electron chi connectivity index (χ4n) is 2.41. The molecule has 2 rings (SSSR count). The first-order chi connectivity index (χ1) is 9.15. The van der Waals surface area contributed by atoms with Gasteiger partial charge in [-0.05, 0) is 49.7 Å². The number of hydrogen-bond donors (Lipinski definition) is 1. The van der Waals surface area contributed by atoms with Crippen molar-refractivity contribution in [3.05, 3.63) is 35.1 Å². The van der Waals surface area contributed by atoms with Crippen molar-refractivity contribution in [3.63, 3.8) is 0 Å². The van der Waals surface area contributed by atoms with Crippen LogP contribution in [0.1, 0.15) is 17.5 Å². The topological polar surface area (TPSA) is 32.3 Å². The zero-order valence-corrected chi connectivity index (χ0v) is 11.4. The molecule has 0 atom stereocenters. The van der Waals surface area contributed by atoms with Gasteiger partial charge in [0.1, 0.15) is 5.82 Å². The van der Waals surface area contributed by atoms with Crippen LogP contribution >= 0.6 is 0 Å². The Bertz CT molecular complexity index is 440. The van der Waals surface area contributed by atoms with Crippen LogP contribution in [0.25, 0.3) is 0 Å². The molecular weight excluding hydrogens is 243 g/mol. The Hall–Kier alpha value is -1.26. The summed E-state index contributed by atoms with van der Waals surface area (Å²) in [6, 6.07) is 4.63. The van der Waals surface area contributed by atoms with Crippen molar-refractivity contribution in [2.75, 3.05) is 32.7 Å². The maximum Gasteiger partial charge on any atom is 0.151 e. The molecule has 0 saturated carbocycles. The number of carbonyl (C=O) groups is 1. The van der Waals surface area contributed by atoms with E-state index in [0.717, 1.165) is 43.7 Å². The molecule has 4 heteroatoms. The maximum absolute atomic E-state index is 13.2. The third-order valence-corrected chi connectivity index (χ3v) is 3.53. The Labute approximate surface area is 113 Å². The van der Waals surface area contributed by atoms with E-state index in [-0.39, 0.29) is 11.6 Å². The number of benzene rings is 1. The second-order valence-electron chi connectivity index (χ2n) is 5.17. The average molecular weight is 264 g/mol. The third kappa shape index (κ3) is 4.40. The van der Waals surface area contributed by atoms with E-state index in [0.29, 0.717) is 13.0 Å². The van der Waals surface area contributed by atoms with Gasteiger partial charge in [0.25, 0.3) is 0 Å². The minimum atomic E-state index is -0.271. The first kappa shape index (κ1) is 14.2. The molecule has 0 unspecified atom stereocenters. The second-order valence-corrected chi connectivity index (χ2v) is 5.17. The first-order valence-corrected chi connectivity index (χ1v) is 6.85. The number of rotatable bonds is 4. The van der Waals surface area contributed by atoms with E-state index in [2.05, 4.69) is 10.2 Å². The molecule has 0 amide bonds. The summed E-state index contributed by atoms with van der Waals surface area (Å²) in [5.74, 6) is -0.108. The smallest absolute Gasteiger partial charge is 0.151 e. The third-order valence-electron chi connectivity index (χ3n) is 3.53. The highest BCUT2D eigenvalue weighted by molar-refractivity contribution is 5.83. The number of aryl methyl sites for hydroxylation is 1. The molecule has 1 heterocycles. The van der Waals surface area contributed by atoms with E-state index in [4.69, 9.17) is 0 Å². The molecule has 0 spiro atoms. The number of hydrogen-bond acceptors (Lipinski definition) is 3. The van der Waals surface area contributed by atoms with Gasteiger partial charge >= 0.3 is 0 Å². The second kappa shape index (κ2) is 6.78. The SMILES string of the molecule is Cc1ccc(F)cc1CC(=O)CN1CCCNCC1. The predicted molar refractivity (Wildman–Crippen MR) is 73.8 cm³/mol. The molecule has 1 fully saturated rings. The number of ketones is 1. The van der Waals surface area contributed by atoms with Crippen LogP contribution in [0.5, 0.6) is 0 Å². The number of nitrogens with one attached hydrogen (secondary N) is 1. The largest absolute Gasteiger partial charge is 0.315 e. The van der Waals surface area contributed by atoms with Crippen molar-refractivity contribution in [2.24, 2.45) is 0 Å². The monoisotopic (exact) mass is 264 g/mol. The summed E-state index contributed by atoms with van der Waals surface area (Å²) in [6.45, 7) is 6.21. The molecule has 0 aromatic heterocycles. The molecule has 3 nitrogen and oxygen atoms in total. The normalized spacial score (nSPS) is 17.2. The lowest BCUT2D eigenvalue weighted by Gasteiger charge is -2.18. The highest BCUT2D eigenvalue weighted by atomic mass is 19.1. The van der Waals surface area contributed by atoms with Crippen LogP contribution in [0.3, 0.4) is 0 Å². The molecule has 1 aliphatic rings. The zero-order chi connectivity index (χ0) is 13.7. The van der Waals surface area contributed by atoms with Crippen LogP contribution < -0.4 is 5.32 Å². The molecule has 0 radical (unpaired) electrons. The Morgan fingerprint density at radius 2 is 2.21 bits per heavy atom. The molecule has 1 saturated heterocycles. The molecular formula is C15H21FN2O. The first-order valence-electron chi connectivity index (χ1n) is 6.85. The summed E-state index contributed by atoms with van der Waals surface area (Å²) >= 11 is 0. The lowest BCUT2D eigenvalue weighted by Crippen LogP contribution is -2.33. The highest BCUT2D eigenvalue weighted by Crippen LogP contribution is 2.11. The van der Waals surface area contributed by atoms with Crippen molar-refractivity contribution in [2.45, 2.75) is 19.8 Å². The number of Topliss-reactive ketones (excluding diaryl/α,β-unsaturated/α-hetero) is 1. The molecule has 19 heavy (non-hydrogen) atoms. The minimum absolute atomic E-state index is 0.163. The summed E-state index contributed by atoms with van der Waals surface area (Å²) in [5, 5.41) is 3.31. The van der Waals surface area contributed by atoms with Crippen LogP contribution in [-0.2, 0) is 11.2 Å². The number of nitrogens with zero attached hydrogens (tertiary/aromatic N) is 1. The van der Waals surface area contributed by atoms with Crippen LogP contribution in [0.4, 0.5) is 4.39 Å². The number of halogens is 1. The van der Waals surface area contributed by atoms with Gasteiger partial charge in [-0.3, -0.25) is 9.69 Å². The van der Waals surface area contributed by atoms with Gasteiger partial charge in [0.15, 0.2) is 5.78 Å². The van der Waals surface area contributed by atoms with Crippen LogP contribution in [0.2, 0.25) is 0 Å². The fourth-order valence-corrected chi connectivity index (χ4v) is 2.41. The van der Waals surface area contributed by atoms with Crippen molar-refractivity contribution in [1.82, 2.24) is 10.2 Å². The van der Waals surface area contributed by atoms with E-state index in [1.807, 2.05) is 6.92 Å². The van der Waals surface area contributed by atoms with Crippen molar-refractivity contribution >= 4 is 5.78 Å². The predicted octanol–water partition coefficient (Wildman–Crippen LogP) is 1.54. The standard InChI is InChI=1S/C15H21FN2O/c1-12-3-4-14(16)9-13(12)10-15(19)11-18-7-2-5-17-6-8-18/h3-4,9,17H,2,5-8,10-11H2,1H3. The molecule has 104 valence electrons. The zero-order valence-electron chi connectivity index (χ0n) is 11.4. The van der Waals surface area contributed by atoms with E-state index >= 15 is 0 Å². The van der Waals surface area contributed by atoms with E-state index in [1.54, 1.807) is 6.07 Å². The molecule has 1 aromatic carbocycles. The molecule has 0 bridgehead atoms. The lowest BCUT2D eigenvalue weighted by atomic mass is 10.0. The van der Waals surface area contributed by atoms with Gasteiger partial charge in [0.2, 0.25) is 0 Å². The Morgan fingerprint density at radius 3 is 3.05 bits per heavy atom. The Kier molecular flexibility index (Phi) is 5.05. The van der Waals surface area contributed by atoms with Crippen molar-refractivity contribution in [1.29, 1.82) is 0 Å². The van der Waals surface area contributed by atoms with E-state index in [9.17, 15) is 9.18 Å². The summed E-state index contributed by atoms with van der Waals surface area (Å²) in [4.78, 5) is 14.2. The molecule has 1 aliphatic heterocycles. The number of carbonyl (C=O) groups excluding carboxylic acids is 1. The van der Waals surface area contributed by atoms with Crippen LogP contribution in [-0.4, -0.2) is 43.4 Å². The van der Waals surface area contributed by atoms with E-state index in [1.165, 1.54) is 12.1 Å². The van der Waals surface area contributed by atoms with Crippen LogP contribution in [0, 0.1) is 12.7 Å². The summed E-state index contributed by atoms with van der Waals surface area (Å²) < 4.78 is 13.2. The van der Waals surface area contributed by atoms with Gasteiger partial charge in [-0.15, -0.1) is 0 Å². The highest BCUT2D eigenvalue weighted by Gasteiger charge is 2.14. The lowest BCUT2D eigenvalue weighted by molar-refractivity contribution is -0.119. The minimum Gasteiger partial charge on any atom is -0.315 e. The van der Waals surface area contributed by atoms with E-state index < -0.39 is 0 Å². The molecule has 1 N–H and O–H groups in total. The summed E-state index contributed by atoms with van der Waals surface area (Å²) in [7, 11) is 0. The summed E-state index contributed by atoms with van der Waals surface area (Å²) in [6.07, 6.45) is 1.40. The van der Waals surface area contributed by atoms with Crippen LogP contribution in [0.15, 0.2) is 18.2 Å². The van der Waals surface area contributed by atoms with Gasteiger partial charge in [-0.25, -0.2) is 4.39 Å². The Morgan fingerprint density at radius 1 is 1.37 bits per heavy atom. The van der Waals surface area contributed by atoms with Gasteiger partial charge in [-0.1, -0.05) is 6.07 Å². The van der Waals surface area contributed by atoms with Crippen molar-refractivity contribution < 1.29 is 9.18 Å². The van der Waals surface area contributed by atoms with Crippen molar-refractivity contribution in [3.8, 4) is 0 Å². The van der Waals surface area contributed by atoms with Gasteiger partial charge in [0, 0.05) is 19.5 Å².